The van der Waals surface area contributed by atoms with Crippen molar-refractivity contribution in [3.63, 3.8) is 0 Å². The fourth-order valence-corrected chi connectivity index (χ4v) is 1.59. The van der Waals surface area contributed by atoms with Crippen molar-refractivity contribution in [3.8, 4) is 0 Å². The second-order valence-electron chi connectivity index (χ2n) is 3.35. The van der Waals surface area contributed by atoms with Crippen molar-refractivity contribution < 1.29 is 0 Å². The van der Waals surface area contributed by atoms with Crippen molar-refractivity contribution in [1.82, 2.24) is 9.78 Å². The first-order valence-corrected chi connectivity index (χ1v) is 5.85. The minimum atomic E-state index is 0.770. The van der Waals surface area contributed by atoms with Crippen LogP contribution in [0, 0.1) is 6.92 Å². The van der Waals surface area contributed by atoms with Gasteiger partial charge in [0, 0.05) is 11.2 Å². The Hall–Kier alpha value is -1.28. The van der Waals surface area contributed by atoms with Gasteiger partial charge in [0.1, 0.15) is 0 Å². The summed E-state index contributed by atoms with van der Waals surface area (Å²) in [5, 5.41) is 4.98. The van der Waals surface area contributed by atoms with Crippen molar-refractivity contribution in [2.75, 3.05) is 0 Å². The normalized spacial score (nSPS) is 9.50. The molecule has 1 aromatic heterocycles. The van der Waals surface area contributed by atoms with Crippen LogP contribution in [0.5, 0.6) is 0 Å². The summed E-state index contributed by atoms with van der Waals surface area (Å²) < 4.78 is 1.90. The summed E-state index contributed by atoms with van der Waals surface area (Å²) in [6.45, 7) is 6.80. The lowest BCUT2D eigenvalue weighted by molar-refractivity contribution is 0.686. The van der Waals surface area contributed by atoms with E-state index in [1.54, 1.807) is 0 Å². The van der Waals surface area contributed by atoms with E-state index in [4.69, 9.17) is 11.6 Å². The highest BCUT2D eigenvalue weighted by Gasteiger charge is 1.97. The van der Waals surface area contributed by atoms with Gasteiger partial charge in [0.05, 0.1) is 12.7 Å². The van der Waals surface area contributed by atoms with Gasteiger partial charge in [-0.05, 0) is 30.2 Å². The average molecular weight is 237 g/mol. The minimum Gasteiger partial charge on any atom is -0.268 e. The van der Waals surface area contributed by atoms with E-state index in [-0.39, 0.29) is 0 Å². The lowest BCUT2D eigenvalue weighted by atomic mass is 10.2. The molecule has 0 fully saturated rings. The van der Waals surface area contributed by atoms with Gasteiger partial charge in [0.25, 0.3) is 0 Å². The van der Waals surface area contributed by atoms with Gasteiger partial charge in [-0.3, -0.25) is 4.68 Å². The van der Waals surface area contributed by atoms with E-state index in [1.807, 2.05) is 62.1 Å². The summed E-state index contributed by atoms with van der Waals surface area (Å²) in [5.41, 5.74) is 2.34. The monoisotopic (exact) mass is 236 g/mol. The molecule has 2 rings (SSSR count). The van der Waals surface area contributed by atoms with E-state index in [1.165, 1.54) is 11.1 Å². The maximum atomic E-state index is 5.89. The molecule has 0 aliphatic rings. The molecular weight excluding hydrogens is 220 g/mol. The van der Waals surface area contributed by atoms with Gasteiger partial charge < -0.3 is 0 Å². The number of hydrogen-bond donors (Lipinski definition) is 0. The third kappa shape index (κ3) is 3.70. The van der Waals surface area contributed by atoms with E-state index in [0.717, 1.165) is 11.6 Å². The van der Waals surface area contributed by atoms with E-state index in [9.17, 15) is 0 Å². The van der Waals surface area contributed by atoms with E-state index >= 15 is 0 Å². The van der Waals surface area contributed by atoms with Crippen LogP contribution in [0.15, 0.2) is 36.7 Å². The van der Waals surface area contributed by atoms with Crippen LogP contribution < -0.4 is 0 Å². The van der Waals surface area contributed by atoms with Crippen LogP contribution >= 0.6 is 11.6 Å². The molecule has 0 aliphatic heterocycles. The molecule has 86 valence electrons. The van der Waals surface area contributed by atoms with Crippen LogP contribution in [0.3, 0.4) is 0 Å². The van der Waals surface area contributed by atoms with Gasteiger partial charge in [-0.2, -0.15) is 5.10 Å². The zero-order valence-electron chi connectivity index (χ0n) is 9.94. The Morgan fingerprint density at radius 2 is 2.06 bits per heavy atom. The lowest BCUT2D eigenvalue weighted by Gasteiger charge is -2.01. The Bertz CT molecular complexity index is 435. The average Bonchev–Trinajstić information content (AvgIpc) is 2.67. The van der Waals surface area contributed by atoms with Crippen molar-refractivity contribution in [2.24, 2.45) is 0 Å². The highest BCUT2D eigenvalue weighted by molar-refractivity contribution is 6.30. The number of rotatable bonds is 2. The molecule has 0 spiro atoms. The summed E-state index contributed by atoms with van der Waals surface area (Å²) in [5.74, 6) is 0. The van der Waals surface area contributed by atoms with Crippen molar-refractivity contribution in [3.05, 3.63) is 52.8 Å². The van der Waals surface area contributed by atoms with Gasteiger partial charge in [-0.25, -0.2) is 0 Å². The highest BCUT2D eigenvalue weighted by atomic mass is 35.5. The molecule has 1 aromatic carbocycles. The third-order valence-electron chi connectivity index (χ3n) is 2.00. The first-order valence-electron chi connectivity index (χ1n) is 5.47. The topological polar surface area (TPSA) is 17.8 Å². The van der Waals surface area contributed by atoms with E-state index in [0.29, 0.717) is 0 Å². The summed E-state index contributed by atoms with van der Waals surface area (Å²) in [4.78, 5) is 0. The molecule has 2 aromatic rings. The van der Waals surface area contributed by atoms with Crippen LogP contribution in [-0.2, 0) is 6.54 Å². The first-order chi connectivity index (χ1) is 7.74. The fraction of sp³-hybridized carbons (Fsp3) is 0.308. The zero-order chi connectivity index (χ0) is 12.0. The fourth-order valence-electron chi connectivity index (χ4n) is 1.38. The Morgan fingerprint density at radius 1 is 1.31 bits per heavy atom. The summed E-state index contributed by atoms with van der Waals surface area (Å²) in [6.07, 6.45) is 3.87. The molecule has 0 unspecified atom stereocenters. The van der Waals surface area contributed by atoms with Crippen LogP contribution in [0.25, 0.3) is 0 Å². The van der Waals surface area contributed by atoms with Crippen molar-refractivity contribution in [2.45, 2.75) is 27.3 Å². The third-order valence-corrected chi connectivity index (χ3v) is 2.23. The van der Waals surface area contributed by atoms with E-state index < -0.39 is 0 Å². The van der Waals surface area contributed by atoms with Crippen LogP contribution in [0.2, 0.25) is 5.02 Å². The Labute approximate surface area is 102 Å². The zero-order valence-corrected chi connectivity index (χ0v) is 10.7. The standard InChI is InChI=1S/C11H11ClN2.C2H6/c1-9-6-13-14(7-9)8-10-3-2-4-11(12)5-10;1-2/h2-7H,8H2,1H3;1-2H3. The summed E-state index contributed by atoms with van der Waals surface area (Å²) >= 11 is 5.89. The van der Waals surface area contributed by atoms with Crippen LogP contribution in [-0.4, -0.2) is 9.78 Å². The molecule has 0 bridgehead atoms. The van der Waals surface area contributed by atoms with Gasteiger partial charge in [-0.15, -0.1) is 0 Å². The van der Waals surface area contributed by atoms with Gasteiger partial charge in [0.15, 0.2) is 0 Å². The number of benzene rings is 1. The molecule has 0 saturated heterocycles. The van der Waals surface area contributed by atoms with E-state index in [2.05, 4.69) is 5.10 Å². The predicted octanol–water partition coefficient (Wildman–Crippen LogP) is 3.92. The van der Waals surface area contributed by atoms with Gasteiger partial charge in [0.2, 0.25) is 0 Å². The van der Waals surface area contributed by atoms with Crippen molar-refractivity contribution >= 4 is 11.6 Å². The lowest BCUT2D eigenvalue weighted by Crippen LogP contribution is -1.99. The first kappa shape index (κ1) is 12.8. The molecule has 0 N–H and O–H groups in total. The quantitative estimate of drug-likeness (QED) is 0.773. The molecule has 0 aliphatic carbocycles. The Balaban J connectivity index is 0.000000606. The highest BCUT2D eigenvalue weighted by Crippen LogP contribution is 2.11. The van der Waals surface area contributed by atoms with Gasteiger partial charge in [-0.1, -0.05) is 37.6 Å². The van der Waals surface area contributed by atoms with Crippen LogP contribution in [0.4, 0.5) is 0 Å². The molecule has 2 nitrogen and oxygen atoms in total. The molecule has 1 heterocycles. The molecule has 0 radical (unpaired) electrons. The number of hydrogen-bond acceptors (Lipinski definition) is 1. The number of aryl methyl sites for hydroxylation is 1. The summed E-state index contributed by atoms with van der Waals surface area (Å²) in [7, 11) is 0. The molecule has 0 saturated carbocycles. The summed E-state index contributed by atoms with van der Waals surface area (Å²) in [6, 6.07) is 7.83. The predicted molar refractivity (Wildman–Crippen MR) is 68.9 cm³/mol. The maximum Gasteiger partial charge on any atom is 0.0659 e. The van der Waals surface area contributed by atoms with Gasteiger partial charge >= 0.3 is 0 Å². The molecule has 3 heteroatoms. The largest absolute Gasteiger partial charge is 0.268 e. The number of nitrogens with zero attached hydrogens (tertiary/aromatic N) is 2. The molecule has 16 heavy (non-hydrogen) atoms. The molecule has 0 amide bonds. The molecule has 0 atom stereocenters. The Kier molecular flexibility index (Phi) is 5.06. The number of aromatic nitrogens is 2. The van der Waals surface area contributed by atoms with Crippen LogP contribution in [0.1, 0.15) is 25.0 Å². The second-order valence-corrected chi connectivity index (χ2v) is 3.78. The molecular formula is C13H17ClN2. The number of halogens is 1. The Morgan fingerprint density at radius 3 is 2.62 bits per heavy atom. The van der Waals surface area contributed by atoms with Crippen molar-refractivity contribution in [1.29, 1.82) is 0 Å². The minimum absolute atomic E-state index is 0.770. The SMILES string of the molecule is CC.Cc1cnn(Cc2cccc(Cl)c2)c1. The second kappa shape index (κ2) is 6.33. The smallest absolute Gasteiger partial charge is 0.0659 e. The maximum absolute atomic E-state index is 5.89.